The van der Waals surface area contributed by atoms with Gasteiger partial charge in [-0.15, -0.1) is 0 Å². The minimum absolute atomic E-state index is 0.0532. The predicted molar refractivity (Wildman–Crippen MR) is 108 cm³/mol. The highest BCUT2D eigenvalue weighted by Gasteiger charge is 2.46. The van der Waals surface area contributed by atoms with E-state index in [9.17, 15) is 0 Å². The maximum Gasteiger partial charge on any atom is 0.0606 e. The molecule has 1 nitrogen and oxygen atoms in total. The fourth-order valence-electron chi connectivity index (χ4n) is 3.89. The highest BCUT2D eigenvalue weighted by molar-refractivity contribution is 6.05. The van der Waals surface area contributed by atoms with Crippen LogP contribution in [0.15, 0.2) is 60.7 Å². The maximum atomic E-state index is 5.75. The molecule has 1 aliphatic heterocycles. The van der Waals surface area contributed by atoms with Gasteiger partial charge >= 0.3 is 0 Å². The van der Waals surface area contributed by atoms with E-state index in [1.165, 1.54) is 38.2 Å². The Labute approximate surface area is 151 Å². The number of piperidine rings is 1. The Balaban J connectivity index is 0.000000730. The fourth-order valence-corrected chi connectivity index (χ4v) is 3.89. The van der Waals surface area contributed by atoms with E-state index in [0.29, 0.717) is 0 Å². The van der Waals surface area contributed by atoms with E-state index in [-0.39, 0.29) is 10.8 Å². The summed E-state index contributed by atoms with van der Waals surface area (Å²) in [6.07, 6.45) is 2.43. The smallest absolute Gasteiger partial charge is 0.0606 e. The molecule has 0 bridgehead atoms. The van der Waals surface area contributed by atoms with Gasteiger partial charge in [0.1, 0.15) is 0 Å². The van der Waals surface area contributed by atoms with Gasteiger partial charge in [0.15, 0.2) is 0 Å². The van der Waals surface area contributed by atoms with Crippen molar-refractivity contribution in [2.45, 2.75) is 46.3 Å². The second-order valence-corrected chi connectivity index (χ2v) is 6.67. The Hall–Kier alpha value is -1.54. The third-order valence-corrected chi connectivity index (χ3v) is 5.62. The average Bonchev–Trinajstić information content (AvgIpc) is 2.72. The molecule has 0 amide bonds. The van der Waals surface area contributed by atoms with Gasteiger partial charge < -0.3 is 5.32 Å². The summed E-state index contributed by atoms with van der Waals surface area (Å²) < 4.78 is 5.75. The van der Waals surface area contributed by atoms with Crippen LogP contribution in [0.3, 0.4) is 0 Å². The summed E-state index contributed by atoms with van der Waals surface area (Å²) in [7, 11) is 5.75. The number of hydrogen-bond acceptors (Lipinski definition) is 1. The zero-order chi connectivity index (χ0) is 18.8. The molecule has 0 atom stereocenters. The monoisotopic (exact) mass is 322 g/mol. The highest BCUT2D eigenvalue weighted by Crippen LogP contribution is 2.51. The van der Waals surface area contributed by atoms with E-state index in [1.54, 1.807) is 0 Å². The van der Waals surface area contributed by atoms with Crippen LogP contribution in [-0.4, -0.2) is 20.9 Å². The molecule has 1 N–H and O–H groups in total. The van der Waals surface area contributed by atoms with E-state index >= 15 is 0 Å². The minimum Gasteiger partial charge on any atom is -0.317 e. The Kier molecular flexibility index (Phi) is 7.11. The van der Waals surface area contributed by atoms with Crippen molar-refractivity contribution in [3.05, 3.63) is 71.8 Å². The quantitative estimate of drug-likeness (QED) is 0.764. The van der Waals surface area contributed by atoms with Gasteiger partial charge in [0.25, 0.3) is 0 Å². The molecule has 2 aromatic carbocycles. The van der Waals surface area contributed by atoms with Crippen molar-refractivity contribution in [1.29, 1.82) is 0 Å². The van der Waals surface area contributed by atoms with Gasteiger partial charge in [-0.2, -0.15) is 0 Å². The van der Waals surface area contributed by atoms with Gasteiger partial charge in [0.05, 0.1) is 7.85 Å². The van der Waals surface area contributed by atoms with Gasteiger partial charge in [-0.1, -0.05) is 88.7 Å². The second-order valence-electron chi connectivity index (χ2n) is 6.67. The van der Waals surface area contributed by atoms with Crippen molar-refractivity contribution in [3.63, 3.8) is 0 Å². The van der Waals surface area contributed by atoms with Gasteiger partial charge in [-0.25, -0.2) is 0 Å². The Morgan fingerprint density at radius 3 is 1.67 bits per heavy atom. The molecule has 2 radical (unpaired) electrons. The van der Waals surface area contributed by atoms with E-state index in [4.69, 9.17) is 1.37 Å². The first kappa shape index (κ1) is 18.8. The Morgan fingerprint density at radius 2 is 1.29 bits per heavy atom. The first-order valence-corrected chi connectivity index (χ1v) is 8.56. The average molecular weight is 322 g/mol. The van der Waals surface area contributed by atoms with Crippen LogP contribution in [0.25, 0.3) is 0 Å². The summed E-state index contributed by atoms with van der Waals surface area (Å²) in [6, 6.07) is 22.1. The fraction of sp³-hybridized carbons (Fsp3) is 0.455. The lowest BCUT2D eigenvalue weighted by Crippen LogP contribution is -2.48. The van der Waals surface area contributed by atoms with Gasteiger partial charge in [-0.05, 0) is 42.5 Å². The second kappa shape index (κ2) is 9.08. The zero-order valence-electron chi connectivity index (χ0n) is 16.7. The first-order valence-electron chi connectivity index (χ1n) is 9.56. The van der Waals surface area contributed by atoms with Crippen LogP contribution in [0.4, 0.5) is 0 Å². The molecular formula is C22H32BN. The lowest BCUT2D eigenvalue weighted by Gasteiger charge is -2.50. The number of hydrogen-bond donors (Lipinski definition) is 1. The normalized spacial score (nSPS) is 16.6. The van der Waals surface area contributed by atoms with Crippen molar-refractivity contribution in [3.8, 4) is 0 Å². The molecule has 3 rings (SSSR count). The molecule has 1 fully saturated rings. The molecule has 1 aliphatic rings. The third kappa shape index (κ3) is 3.75. The molecule has 0 spiro atoms. The van der Waals surface area contributed by atoms with E-state index in [2.05, 4.69) is 87.7 Å². The lowest BCUT2D eigenvalue weighted by molar-refractivity contribution is 0.133. The molecule has 2 heteroatoms. The summed E-state index contributed by atoms with van der Waals surface area (Å²) in [6.45, 7) is 8.63. The van der Waals surface area contributed by atoms with Crippen LogP contribution >= 0.6 is 0 Å². The van der Waals surface area contributed by atoms with Gasteiger partial charge in [-0.3, -0.25) is 0 Å². The summed E-state index contributed by atoms with van der Waals surface area (Å²) in [5.74, 6) is 0. The van der Waals surface area contributed by atoms with Crippen LogP contribution in [0.2, 0.25) is 6.82 Å². The molecule has 0 aliphatic carbocycles. The number of rotatable bonds is 3. The molecule has 2 aromatic rings. The number of benzene rings is 2. The van der Waals surface area contributed by atoms with Crippen LogP contribution in [0.5, 0.6) is 0 Å². The van der Waals surface area contributed by atoms with Crippen LogP contribution in [0, 0.1) is 5.41 Å². The van der Waals surface area contributed by atoms with Crippen molar-refractivity contribution < 1.29 is 1.37 Å². The lowest BCUT2D eigenvalue weighted by atomic mass is 9.55. The topological polar surface area (TPSA) is 12.0 Å². The van der Waals surface area contributed by atoms with Crippen LogP contribution in [0.1, 0.15) is 46.6 Å². The first-order chi connectivity index (χ1) is 12.2. The van der Waals surface area contributed by atoms with Crippen molar-refractivity contribution in [1.82, 2.24) is 5.32 Å². The van der Waals surface area contributed by atoms with E-state index < -0.39 is 0 Å². The third-order valence-electron chi connectivity index (χ3n) is 5.62. The number of nitrogens with one attached hydrogen (secondary N) is 1. The largest absolute Gasteiger partial charge is 0.317 e. The molecule has 0 saturated carbocycles. The maximum absolute atomic E-state index is 5.75. The minimum atomic E-state index is 0.0532. The van der Waals surface area contributed by atoms with Crippen LogP contribution in [-0.2, 0) is 5.41 Å². The molecule has 1 heterocycles. The molecule has 128 valence electrons. The van der Waals surface area contributed by atoms with E-state index in [1.807, 2.05) is 0 Å². The summed E-state index contributed by atoms with van der Waals surface area (Å²) in [5.41, 5.74) is 3.19. The van der Waals surface area contributed by atoms with Crippen molar-refractivity contribution in [2.75, 3.05) is 13.1 Å². The van der Waals surface area contributed by atoms with E-state index in [0.717, 1.165) is 13.1 Å². The van der Waals surface area contributed by atoms with Gasteiger partial charge in [0.2, 0.25) is 0 Å². The highest BCUT2D eigenvalue weighted by atomic mass is 14.9. The standard InChI is InChI=1S/C20H25N.CH3B.CH4/c1-19(13-15-21-16-14-19)20(2,17-9-5-3-6-10-17)18-11-7-4-8-12-18;1-2;/h3-12,21H,13-16H2,1-2H3;1H3;1H4/i;;1D. The summed E-state index contributed by atoms with van der Waals surface area (Å²) in [5, 5.41) is 3.51. The molecule has 0 unspecified atom stereocenters. The molecule has 24 heavy (non-hydrogen) atoms. The summed E-state index contributed by atoms with van der Waals surface area (Å²) >= 11 is 0. The molecular weight excluding hydrogens is 289 g/mol. The SMILES string of the molecule is CC1(C(C)(c2ccccc2)c2ccccc2)CCNCC1.[2H]C.[B]C. The predicted octanol–water partition coefficient (Wildman–Crippen LogP) is 5.22. The van der Waals surface area contributed by atoms with Crippen LogP contribution < -0.4 is 5.32 Å². The summed E-state index contributed by atoms with van der Waals surface area (Å²) in [4.78, 5) is 0. The zero-order valence-corrected chi connectivity index (χ0v) is 15.7. The van der Waals surface area contributed by atoms with Gasteiger partial charge in [0, 0.05) is 6.79 Å². The molecule has 0 aromatic heterocycles. The van der Waals surface area contributed by atoms with Crippen molar-refractivity contribution in [2.24, 2.45) is 5.41 Å². The molecule has 1 saturated heterocycles. The Morgan fingerprint density at radius 1 is 0.917 bits per heavy atom. The Bertz CT molecular complexity index is 540. The van der Waals surface area contributed by atoms with Crippen molar-refractivity contribution >= 4 is 7.85 Å².